The van der Waals surface area contributed by atoms with Crippen molar-refractivity contribution in [2.75, 3.05) is 26.2 Å². The fourth-order valence-electron chi connectivity index (χ4n) is 2.29. The molecular formula is C15H18N3O4+. The molecule has 0 aliphatic carbocycles. The molecule has 0 aliphatic heterocycles. The molecule has 0 aliphatic rings. The number of hydrogen-bond donors (Lipinski definition) is 0. The third-order valence-corrected chi connectivity index (χ3v) is 3.28. The number of ether oxygens (including phenoxy) is 2. The van der Waals surface area contributed by atoms with Crippen molar-refractivity contribution in [3.8, 4) is 11.5 Å². The van der Waals surface area contributed by atoms with Crippen molar-refractivity contribution in [2.45, 2.75) is 6.54 Å². The van der Waals surface area contributed by atoms with Crippen LogP contribution in [0.5, 0.6) is 11.5 Å². The third-order valence-electron chi connectivity index (χ3n) is 3.28. The molecular weight excluding hydrogens is 286 g/mol. The summed E-state index contributed by atoms with van der Waals surface area (Å²) in [6, 6.07) is 8.62. The van der Waals surface area contributed by atoms with E-state index < -0.39 is 4.92 Å². The molecule has 0 fully saturated rings. The Labute approximate surface area is 128 Å². The molecule has 1 N–H and O–H groups in total. The molecule has 0 radical (unpaired) electrons. The van der Waals surface area contributed by atoms with Gasteiger partial charge in [0.25, 0.3) is 0 Å². The monoisotopic (exact) mass is 304 g/mol. The molecule has 1 heterocycles. The van der Waals surface area contributed by atoms with Crippen LogP contribution in [0.3, 0.4) is 0 Å². The second-order valence-corrected chi connectivity index (χ2v) is 4.67. The van der Waals surface area contributed by atoms with E-state index in [2.05, 4.69) is 4.98 Å². The lowest BCUT2D eigenvalue weighted by atomic mass is 10.1. The van der Waals surface area contributed by atoms with Crippen LogP contribution in [0.15, 0.2) is 36.5 Å². The van der Waals surface area contributed by atoms with Crippen LogP contribution in [-0.2, 0) is 6.54 Å². The fourth-order valence-corrected chi connectivity index (χ4v) is 2.29. The van der Waals surface area contributed by atoms with Gasteiger partial charge in [0.15, 0.2) is 11.5 Å². The van der Waals surface area contributed by atoms with Crippen LogP contribution < -0.4 is 19.4 Å². The molecule has 116 valence electrons. The first-order valence-electron chi connectivity index (χ1n) is 6.64. The highest BCUT2D eigenvalue weighted by Gasteiger charge is 2.25. The van der Waals surface area contributed by atoms with Crippen LogP contribution in [0.1, 0.15) is 5.56 Å². The maximum Gasteiger partial charge on any atom is 0.357 e. The summed E-state index contributed by atoms with van der Waals surface area (Å²) in [7, 11) is 4.91. The molecule has 7 nitrogen and oxygen atoms in total. The number of pyridine rings is 1. The first-order valence-corrected chi connectivity index (χ1v) is 6.64. The molecule has 1 aromatic heterocycles. The minimum absolute atomic E-state index is 0.0202. The summed E-state index contributed by atoms with van der Waals surface area (Å²) in [5.41, 5.74) is 0.891. The van der Waals surface area contributed by atoms with Gasteiger partial charge in [-0.05, 0) is 12.1 Å². The number of nitrogens with one attached hydrogen (secondary N) is 1. The smallest absolute Gasteiger partial charge is 0.357 e. The quantitative estimate of drug-likeness (QED) is 0.603. The number of aromatic amines is 1. The second kappa shape index (κ2) is 6.75. The average molecular weight is 304 g/mol. The van der Waals surface area contributed by atoms with Gasteiger partial charge >= 0.3 is 11.5 Å². The van der Waals surface area contributed by atoms with Crippen LogP contribution in [0.4, 0.5) is 11.5 Å². The van der Waals surface area contributed by atoms with Gasteiger partial charge in [0.05, 0.1) is 32.4 Å². The van der Waals surface area contributed by atoms with Crippen molar-refractivity contribution in [1.82, 2.24) is 0 Å². The van der Waals surface area contributed by atoms with E-state index in [4.69, 9.17) is 9.47 Å². The van der Waals surface area contributed by atoms with Crippen LogP contribution >= 0.6 is 0 Å². The average Bonchev–Trinajstić information content (AvgIpc) is 2.54. The van der Waals surface area contributed by atoms with Gasteiger partial charge in [-0.1, -0.05) is 12.1 Å². The number of hydrogen-bond acceptors (Lipinski definition) is 5. The van der Waals surface area contributed by atoms with E-state index in [1.54, 1.807) is 44.5 Å². The third kappa shape index (κ3) is 3.08. The zero-order valence-electron chi connectivity index (χ0n) is 12.7. The Balaban J connectivity index is 2.34. The number of rotatable bonds is 6. The topological polar surface area (TPSA) is 79.0 Å². The van der Waals surface area contributed by atoms with Crippen LogP contribution in [-0.4, -0.2) is 26.2 Å². The van der Waals surface area contributed by atoms with Crippen molar-refractivity contribution in [2.24, 2.45) is 0 Å². The van der Waals surface area contributed by atoms with Gasteiger partial charge in [0, 0.05) is 11.6 Å². The summed E-state index contributed by atoms with van der Waals surface area (Å²) in [5.74, 6) is 1.67. The van der Waals surface area contributed by atoms with Gasteiger partial charge in [-0.3, -0.25) is 15.0 Å². The lowest BCUT2D eigenvalue weighted by molar-refractivity contribution is -0.411. The summed E-state index contributed by atoms with van der Waals surface area (Å²) in [6.07, 6.45) is 1.65. The van der Waals surface area contributed by atoms with Crippen molar-refractivity contribution >= 4 is 11.5 Å². The Morgan fingerprint density at radius 2 is 2.00 bits per heavy atom. The zero-order valence-corrected chi connectivity index (χ0v) is 12.7. The number of benzene rings is 1. The summed E-state index contributed by atoms with van der Waals surface area (Å²) < 4.78 is 10.7. The Morgan fingerprint density at radius 1 is 1.23 bits per heavy atom. The lowest BCUT2D eigenvalue weighted by Gasteiger charge is -2.15. The van der Waals surface area contributed by atoms with E-state index in [9.17, 15) is 10.1 Å². The molecule has 22 heavy (non-hydrogen) atoms. The van der Waals surface area contributed by atoms with Crippen LogP contribution in [0, 0.1) is 10.1 Å². The van der Waals surface area contributed by atoms with Crippen molar-refractivity contribution in [3.63, 3.8) is 0 Å². The molecule has 0 bridgehead atoms. The van der Waals surface area contributed by atoms with E-state index in [-0.39, 0.29) is 5.69 Å². The summed E-state index contributed by atoms with van der Waals surface area (Å²) in [6.45, 7) is 0.432. The number of nitrogens with zero attached hydrogens (tertiary/aromatic N) is 2. The minimum atomic E-state index is -0.412. The Hall–Kier alpha value is -2.83. The molecule has 0 saturated carbocycles. The fraction of sp³-hybridized carbons (Fsp3) is 0.267. The van der Waals surface area contributed by atoms with E-state index in [1.807, 2.05) is 12.1 Å². The van der Waals surface area contributed by atoms with E-state index in [1.165, 1.54) is 6.07 Å². The zero-order chi connectivity index (χ0) is 16.1. The van der Waals surface area contributed by atoms with Crippen LogP contribution in [0.2, 0.25) is 0 Å². The molecule has 0 unspecified atom stereocenters. The van der Waals surface area contributed by atoms with Gasteiger partial charge < -0.3 is 9.47 Å². The molecule has 0 saturated heterocycles. The number of nitro groups is 1. The van der Waals surface area contributed by atoms with Crippen molar-refractivity contribution in [1.29, 1.82) is 0 Å². The van der Waals surface area contributed by atoms with Crippen molar-refractivity contribution in [3.05, 3.63) is 52.2 Å². The summed E-state index contributed by atoms with van der Waals surface area (Å²) in [5, 5.41) is 11.1. The SMILES string of the molecule is COc1cccc(CN(C)c2[nH+]cccc2[N+](=O)[O-])c1OC. The number of anilines is 1. The predicted molar refractivity (Wildman–Crippen MR) is 81.3 cm³/mol. The molecule has 7 heteroatoms. The molecule has 0 spiro atoms. The second-order valence-electron chi connectivity index (χ2n) is 4.67. The Morgan fingerprint density at radius 3 is 2.64 bits per heavy atom. The number of aromatic nitrogens is 1. The number of H-pyrrole nitrogens is 1. The van der Waals surface area contributed by atoms with Crippen molar-refractivity contribution < 1.29 is 19.4 Å². The van der Waals surface area contributed by atoms with Gasteiger partial charge in [-0.25, -0.2) is 4.98 Å². The van der Waals surface area contributed by atoms with E-state index in [0.717, 1.165) is 5.56 Å². The summed E-state index contributed by atoms with van der Waals surface area (Å²) in [4.78, 5) is 15.4. The van der Waals surface area contributed by atoms with Gasteiger partial charge in [0.2, 0.25) is 0 Å². The minimum Gasteiger partial charge on any atom is -0.493 e. The molecule has 0 atom stereocenters. The highest BCUT2D eigenvalue weighted by Crippen LogP contribution is 2.32. The molecule has 2 aromatic rings. The largest absolute Gasteiger partial charge is 0.493 e. The number of para-hydroxylation sites is 1. The standard InChI is InChI=1S/C15H17N3O4/c1-17(15-12(18(19)20)7-5-9-16-15)10-11-6-4-8-13(21-2)14(11)22-3/h4-9H,10H2,1-3H3/p+1. The Bertz CT molecular complexity index is 676. The first-order chi connectivity index (χ1) is 10.6. The summed E-state index contributed by atoms with van der Waals surface area (Å²) >= 11 is 0. The maximum absolute atomic E-state index is 11.1. The van der Waals surface area contributed by atoms with E-state index in [0.29, 0.717) is 23.9 Å². The Kier molecular flexibility index (Phi) is 4.77. The number of methoxy groups -OCH3 is 2. The van der Waals surface area contributed by atoms with Gasteiger partial charge in [-0.15, -0.1) is 0 Å². The molecule has 0 amide bonds. The maximum atomic E-state index is 11.1. The highest BCUT2D eigenvalue weighted by molar-refractivity contribution is 5.54. The molecule has 2 rings (SSSR count). The first kappa shape index (κ1) is 15.6. The highest BCUT2D eigenvalue weighted by atomic mass is 16.6. The predicted octanol–water partition coefficient (Wildman–Crippen LogP) is 2.06. The van der Waals surface area contributed by atoms with E-state index >= 15 is 0 Å². The van der Waals surface area contributed by atoms with Crippen LogP contribution in [0.25, 0.3) is 0 Å². The molecule has 1 aromatic carbocycles. The lowest BCUT2D eigenvalue weighted by Crippen LogP contribution is -2.25. The normalized spacial score (nSPS) is 10.1. The van der Waals surface area contributed by atoms with Gasteiger partial charge in [-0.2, -0.15) is 0 Å². The van der Waals surface area contributed by atoms with Gasteiger partial charge in [0.1, 0.15) is 6.54 Å².